The predicted molar refractivity (Wildman–Crippen MR) is 419 cm³/mol. The van der Waals surface area contributed by atoms with Gasteiger partial charge in [0.1, 0.15) is 262 Å². The smallest absolute Gasteiger partial charge is 0.217 e. The van der Waals surface area contributed by atoms with Gasteiger partial charge in [0.2, 0.25) is 29.5 Å². The molecule has 34 N–H and O–H groups in total. The molecule has 60 nitrogen and oxygen atoms in total. The summed E-state index contributed by atoms with van der Waals surface area (Å²) in [6.45, 7) is -5.66. The summed E-state index contributed by atoms with van der Waals surface area (Å²) in [4.78, 5) is 65.2. The van der Waals surface area contributed by atoms with Gasteiger partial charge in [0.05, 0.1) is 72.2 Å². The third-order valence-corrected chi connectivity index (χ3v) is 24.9. The lowest BCUT2D eigenvalue weighted by atomic mass is 9.93. The van der Waals surface area contributed by atoms with Gasteiger partial charge >= 0.3 is 0 Å². The molecule has 136 heavy (non-hydrogen) atoms. The van der Waals surface area contributed by atoms with E-state index < -0.39 is 433 Å². The molecule has 11 saturated heterocycles. The molecule has 11 rings (SSSR count). The van der Waals surface area contributed by atoms with Crippen molar-refractivity contribution in [2.24, 2.45) is 0 Å². The van der Waals surface area contributed by atoms with Crippen LogP contribution in [0.1, 0.15) is 41.5 Å². The molecule has 5 amide bonds. The van der Waals surface area contributed by atoms with E-state index in [0.29, 0.717) is 0 Å². The minimum absolute atomic E-state index is 0.872. The first-order valence-electron chi connectivity index (χ1n) is 43.5. The SMILES string of the molecule is CC(=O)N[C@@H]1[C@@H](O)[C@H](O[C@@H]2O[C@H](CO)[C@@H](O[C@@H]3O[C@H](CO[C@H]4O[C@H](CO)[C@@H](O)[C@H](O)[C@@H]4O[C@@H]4O[C@H](CO)[C@@H](O[C@@H]5O[C@H](CO)[C@H](O)[C@H](O)[C@H]5O)[C@H](O)[C@H]4NC(C)=O)[C@@H](O)[C@H](O[C@H]4O[C@H](CO)[C@@H](O[C@@H]5O[C@H](CO)[C@@H](O)[C@H](O)[C@H]5NC(C)=O)[C@H](O)[C@@H]4O[C@@H]4O[C@H](CO)[C@@H](O[C@@H]5O[C@H](CO)[C@H](O)[C@H](O)[C@H]5O)[C@H](O)[C@H]4NC(C)=O)[C@@H]3O)[C@H](O)[C@H]2NC(C)=O)[C@@H](CO[C@@H]2O[C@@H](C)[C@@H](O)[C@@H](O)[C@@H]2O)O[C@H]1O. The molecule has 55 atom stereocenters. The van der Waals surface area contributed by atoms with Gasteiger partial charge in [-0.15, -0.1) is 0 Å². The topological polar surface area (TPSA) is 926 Å². The lowest BCUT2D eigenvalue weighted by Crippen LogP contribution is -2.71. The Hall–Kier alpha value is -4.65. The number of nitrogens with one attached hydrogen (secondary N) is 5. The molecule has 11 heterocycles. The van der Waals surface area contributed by atoms with E-state index in [2.05, 4.69) is 26.6 Å². The summed E-state index contributed by atoms with van der Waals surface area (Å²) >= 11 is 0. The number of amides is 5. The summed E-state index contributed by atoms with van der Waals surface area (Å²) in [5.41, 5.74) is 0. The molecule has 0 aromatic carbocycles. The molecule has 0 saturated carbocycles. The van der Waals surface area contributed by atoms with Crippen LogP contribution in [-0.2, 0) is 123 Å². The Kier molecular flexibility index (Phi) is 40.1. The second kappa shape index (κ2) is 48.8. The molecule has 60 heteroatoms. The van der Waals surface area contributed by atoms with Crippen LogP contribution in [-0.4, -0.2) is 581 Å². The van der Waals surface area contributed by atoms with Crippen LogP contribution >= 0.6 is 0 Å². The van der Waals surface area contributed by atoms with Gasteiger partial charge in [0.25, 0.3) is 0 Å². The number of ether oxygens (including phenoxy) is 21. The van der Waals surface area contributed by atoms with Crippen LogP contribution in [0.15, 0.2) is 0 Å². The Morgan fingerprint density at radius 1 is 0.206 bits per heavy atom. The van der Waals surface area contributed by atoms with Crippen LogP contribution in [0.4, 0.5) is 0 Å². The lowest BCUT2D eigenvalue weighted by molar-refractivity contribution is -0.405. The number of hydrogen-bond donors (Lipinski definition) is 34. The third-order valence-electron chi connectivity index (χ3n) is 24.9. The van der Waals surface area contributed by atoms with Gasteiger partial charge in [-0.1, -0.05) is 0 Å². The van der Waals surface area contributed by atoms with Gasteiger partial charge in [-0.25, -0.2) is 0 Å². The van der Waals surface area contributed by atoms with E-state index in [0.717, 1.165) is 34.6 Å². The van der Waals surface area contributed by atoms with Crippen LogP contribution in [0.3, 0.4) is 0 Å². The average molecular weight is 1990 g/mol. The number of carbonyl (C=O) groups is 5. The van der Waals surface area contributed by atoms with Gasteiger partial charge in [-0.05, 0) is 6.92 Å². The molecule has 11 aliphatic heterocycles. The van der Waals surface area contributed by atoms with E-state index in [9.17, 15) is 172 Å². The lowest BCUT2D eigenvalue weighted by Gasteiger charge is -2.52. The van der Waals surface area contributed by atoms with Crippen molar-refractivity contribution in [2.75, 3.05) is 66.1 Å². The number of hydrogen-bond acceptors (Lipinski definition) is 55. The minimum Gasteiger partial charge on any atom is -0.394 e. The maximum atomic E-state index is 13.4. The standard InChI is InChI=1S/C76H127N5O55/c1-17-38(95)49(106)53(110)71(118-17)116-16-32-62(45(102)33(66(115)119-32)77-18(2)90)130-68-35(79-20(4)92)46(103)60(29(13-88)124-68)133-74-57(114)63(43(100)31(128-74)15-117-75-64(52(109)42(99)26(10-85)123-75)135-69-36(80-21(5)93)47(104)58(27(11-86)125-69)131-72-54(111)50(107)40(97)24(8-83)121-72)134-76-65(56(113)61(30(14-89)127-76)129-67-34(78-19(3)91)44(101)39(96)23(7-82)120-67)136-70-37(81-22(6)94)48(105)59(28(12-87)126-70)132-73-55(112)51(108)41(98)25(9-84)122-73/h17,23-76,82-89,95-115H,7-16H2,1-6H3,(H,77,90)(H,78,91)(H,79,92)(H,80,93)(H,81,94)/t17-,23+,24+,25+,26+,27+,28+,29+,30+,31+,32+,33+,34+,35+,36+,37+,38+,39+,40-,41-,42+,43+,44+,45+,46+,47+,48+,49+,50-,51-,52-,53-,54+,55+,56-,57-,58+,59+,60+,61+,62+,63-,64-,65-,66+,67-,68-,69-,70-,71+,72-,73-,74-,75-,76+/m0/s1. The summed E-state index contributed by atoms with van der Waals surface area (Å²) in [5.74, 6) is -4.85. The van der Waals surface area contributed by atoms with Crippen molar-refractivity contribution in [3.05, 3.63) is 0 Å². The molecule has 0 spiro atoms. The van der Waals surface area contributed by atoms with Crippen LogP contribution in [0.2, 0.25) is 0 Å². The second-order valence-corrected chi connectivity index (χ2v) is 34.5. The summed E-state index contributed by atoms with van der Waals surface area (Å²) < 4.78 is 126. The molecule has 11 fully saturated rings. The number of aliphatic hydroxyl groups is 29. The van der Waals surface area contributed by atoms with E-state index in [1.165, 1.54) is 6.92 Å². The highest BCUT2D eigenvalue weighted by Gasteiger charge is 2.63. The Bertz CT molecular complexity index is 3760. The molecule has 786 valence electrons. The monoisotopic (exact) mass is 1990 g/mol. The highest BCUT2D eigenvalue weighted by molar-refractivity contribution is 5.75. The van der Waals surface area contributed by atoms with Crippen LogP contribution in [0.5, 0.6) is 0 Å². The van der Waals surface area contributed by atoms with Gasteiger partial charge in [0, 0.05) is 34.6 Å². The van der Waals surface area contributed by atoms with Crippen molar-refractivity contribution in [3.8, 4) is 0 Å². The Labute approximate surface area is 770 Å². The quantitative estimate of drug-likeness (QED) is 0.0280. The normalized spacial score (nSPS) is 49.2. The first-order chi connectivity index (χ1) is 64.3. The highest BCUT2D eigenvalue weighted by Crippen LogP contribution is 2.42. The Morgan fingerprint density at radius 2 is 0.463 bits per heavy atom. The summed E-state index contributed by atoms with van der Waals surface area (Å²) in [6.07, 6.45) is -107. The van der Waals surface area contributed by atoms with Gasteiger partial charge in [-0.3, -0.25) is 24.0 Å². The molecule has 0 radical (unpaired) electrons. The molecule has 11 aliphatic rings. The Morgan fingerprint density at radius 3 is 0.860 bits per heavy atom. The summed E-state index contributed by atoms with van der Waals surface area (Å²) in [7, 11) is 0. The zero-order valence-electron chi connectivity index (χ0n) is 73.4. The summed E-state index contributed by atoms with van der Waals surface area (Å²) in [6, 6.07) is -9.85. The molecule has 0 aromatic heterocycles. The number of carbonyl (C=O) groups excluding carboxylic acids is 5. The van der Waals surface area contributed by atoms with Crippen molar-refractivity contribution in [1.82, 2.24) is 26.6 Å². The van der Waals surface area contributed by atoms with E-state index in [1.807, 2.05) is 0 Å². The van der Waals surface area contributed by atoms with E-state index in [1.54, 1.807) is 0 Å². The van der Waals surface area contributed by atoms with Crippen molar-refractivity contribution >= 4 is 29.5 Å². The van der Waals surface area contributed by atoms with E-state index >= 15 is 0 Å². The van der Waals surface area contributed by atoms with Crippen molar-refractivity contribution in [1.29, 1.82) is 0 Å². The molecule has 0 aliphatic carbocycles. The van der Waals surface area contributed by atoms with Crippen LogP contribution < -0.4 is 26.6 Å². The Balaban J connectivity index is 0.975. The minimum atomic E-state index is -2.75. The van der Waals surface area contributed by atoms with Gasteiger partial charge in [-0.2, -0.15) is 0 Å². The number of rotatable bonds is 35. The van der Waals surface area contributed by atoms with Crippen molar-refractivity contribution in [3.63, 3.8) is 0 Å². The van der Waals surface area contributed by atoms with Crippen molar-refractivity contribution < 1.29 is 272 Å². The summed E-state index contributed by atoms with van der Waals surface area (Å²) in [5, 5.41) is 339. The van der Waals surface area contributed by atoms with E-state index in [4.69, 9.17) is 99.5 Å². The average Bonchev–Trinajstić information content (AvgIpc) is 0.764. The van der Waals surface area contributed by atoms with Gasteiger partial charge < -0.3 is 274 Å². The molecule has 0 unspecified atom stereocenters. The first kappa shape index (κ1) is 112. The molecular weight excluding hydrogens is 1860 g/mol. The number of aliphatic hydroxyl groups excluding tert-OH is 29. The first-order valence-corrected chi connectivity index (χ1v) is 43.5. The van der Waals surface area contributed by atoms with Crippen molar-refractivity contribution in [2.45, 2.75) is 379 Å². The molecule has 0 bridgehead atoms. The fourth-order valence-corrected chi connectivity index (χ4v) is 17.7. The van der Waals surface area contributed by atoms with Crippen LogP contribution in [0.25, 0.3) is 0 Å². The largest absolute Gasteiger partial charge is 0.394 e. The fraction of sp³-hybridized carbons (Fsp3) is 0.934. The second-order valence-electron chi connectivity index (χ2n) is 34.5. The zero-order valence-corrected chi connectivity index (χ0v) is 73.4. The fourth-order valence-electron chi connectivity index (χ4n) is 17.7. The third kappa shape index (κ3) is 24.8. The highest BCUT2D eigenvalue weighted by atomic mass is 16.8. The zero-order chi connectivity index (χ0) is 100. The molecule has 0 aromatic rings. The maximum absolute atomic E-state index is 13.4. The maximum Gasteiger partial charge on any atom is 0.217 e. The van der Waals surface area contributed by atoms with Crippen LogP contribution in [0, 0.1) is 0 Å². The predicted octanol–water partition coefficient (Wildman–Crippen LogP) is -23.2. The van der Waals surface area contributed by atoms with E-state index in [-0.39, 0.29) is 0 Å². The molecular formula is C76H127N5O55. The van der Waals surface area contributed by atoms with Gasteiger partial charge in [0.15, 0.2) is 69.2 Å².